The molecule has 0 spiro atoms. The minimum Gasteiger partial charge on any atom is -0.480 e. The lowest BCUT2D eigenvalue weighted by molar-refractivity contribution is -0.143. The van der Waals surface area contributed by atoms with Crippen LogP contribution in [-0.2, 0) is 4.79 Å². The molecule has 0 aliphatic carbocycles. The summed E-state index contributed by atoms with van der Waals surface area (Å²) in [6.45, 7) is 0.397. The van der Waals surface area contributed by atoms with Gasteiger partial charge in [0.25, 0.3) is 5.91 Å². The number of fused-ring (bicyclic) bond motifs is 1. The summed E-state index contributed by atoms with van der Waals surface area (Å²) in [5.74, 6) is 3.64. The van der Waals surface area contributed by atoms with E-state index in [9.17, 15) is 24.6 Å². The van der Waals surface area contributed by atoms with Gasteiger partial charge < -0.3 is 15.1 Å². The highest BCUT2D eigenvalue weighted by molar-refractivity contribution is 6.32. The number of carbonyl (C=O) groups excluding carboxylic acids is 1. The highest BCUT2D eigenvalue weighted by Gasteiger charge is 2.32. The second-order valence-corrected chi connectivity index (χ2v) is 9.53. The number of carboxylic acid groups (broad SMARTS) is 2. The van der Waals surface area contributed by atoms with Crippen molar-refractivity contribution < 1.29 is 24.6 Å². The monoisotopic (exact) mass is 539 g/mol. The Kier molecular flexibility index (Phi) is 7.26. The Morgan fingerprint density at radius 3 is 2.49 bits per heavy atom. The summed E-state index contributed by atoms with van der Waals surface area (Å²) in [6.07, 6.45) is 5.03. The molecule has 1 fully saturated rings. The van der Waals surface area contributed by atoms with Gasteiger partial charge in [-0.15, -0.1) is 0 Å². The van der Waals surface area contributed by atoms with Gasteiger partial charge >= 0.3 is 11.9 Å². The standard InChI is InChI=1S/C30H22ClN3O5/c31-24-15-21(28(35)34-14-2-1-3-27(34)30(38)39)11-10-19(24)7-4-18-5-8-20(9-6-18)26-16-22(29(36)37)23-17-32-13-12-25(23)33-26/h5-6,8-13,15-17,27H,1-3,14H2,(H,36,37)(H,38,39). The fourth-order valence-corrected chi connectivity index (χ4v) is 4.83. The number of hydrogen-bond donors (Lipinski definition) is 2. The van der Waals surface area contributed by atoms with Gasteiger partial charge in [0, 0.05) is 46.6 Å². The van der Waals surface area contributed by atoms with Crippen molar-refractivity contribution in [2.24, 2.45) is 0 Å². The summed E-state index contributed by atoms with van der Waals surface area (Å²) < 4.78 is 0. The van der Waals surface area contributed by atoms with E-state index >= 15 is 0 Å². The number of rotatable bonds is 4. The molecule has 1 aliphatic heterocycles. The van der Waals surface area contributed by atoms with Crippen molar-refractivity contribution in [3.8, 4) is 23.1 Å². The zero-order valence-electron chi connectivity index (χ0n) is 20.6. The highest BCUT2D eigenvalue weighted by atomic mass is 35.5. The molecule has 1 unspecified atom stereocenters. The Labute approximate surface area is 228 Å². The van der Waals surface area contributed by atoms with E-state index in [0.29, 0.717) is 51.3 Å². The second kappa shape index (κ2) is 10.9. The van der Waals surface area contributed by atoms with Crippen LogP contribution in [0.5, 0.6) is 0 Å². The molecule has 0 saturated carbocycles. The molecule has 2 aromatic heterocycles. The van der Waals surface area contributed by atoms with Crippen LogP contribution in [0.3, 0.4) is 0 Å². The number of amides is 1. The number of pyridine rings is 2. The van der Waals surface area contributed by atoms with Crippen LogP contribution in [0, 0.1) is 11.8 Å². The van der Waals surface area contributed by atoms with Crippen LogP contribution in [0.25, 0.3) is 22.2 Å². The smallest absolute Gasteiger partial charge is 0.336 e. The second-order valence-electron chi connectivity index (χ2n) is 9.12. The molecular formula is C30H22ClN3O5. The molecule has 0 bridgehead atoms. The number of likely N-dealkylation sites (tertiary alicyclic amines) is 1. The third-order valence-corrected chi connectivity index (χ3v) is 6.94. The van der Waals surface area contributed by atoms with Gasteiger partial charge in [-0.25, -0.2) is 14.6 Å². The van der Waals surface area contributed by atoms with Crippen molar-refractivity contribution in [1.82, 2.24) is 14.9 Å². The molecule has 194 valence electrons. The summed E-state index contributed by atoms with van der Waals surface area (Å²) in [7, 11) is 0. The van der Waals surface area contributed by atoms with Crippen LogP contribution in [0.2, 0.25) is 5.02 Å². The highest BCUT2D eigenvalue weighted by Crippen LogP contribution is 2.26. The fourth-order valence-electron chi connectivity index (χ4n) is 4.60. The first-order chi connectivity index (χ1) is 18.8. The number of aromatic nitrogens is 2. The lowest BCUT2D eigenvalue weighted by atomic mass is 10.0. The fraction of sp³-hybridized carbons (Fsp3) is 0.167. The molecular weight excluding hydrogens is 518 g/mol. The summed E-state index contributed by atoms with van der Waals surface area (Å²) in [6, 6.07) is 14.4. The van der Waals surface area contributed by atoms with Crippen molar-refractivity contribution in [3.63, 3.8) is 0 Å². The first-order valence-corrected chi connectivity index (χ1v) is 12.6. The average molecular weight is 540 g/mol. The Morgan fingerprint density at radius 2 is 1.77 bits per heavy atom. The van der Waals surface area contributed by atoms with Crippen molar-refractivity contribution in [2.75, 3.05) is 6.54 Å². The molecule has 1 saturated heterocycles. The van der Waals surface area contributed by atoms with Crippen molar-refractivity contribution in [2.45, 2.75) is 25.3 Å². The Hall–Kier alpha value is -4.74. The molecule has 39 heavy (non-hydrogen) atoms. The number of hydrogen-bond acceptors (Lipinski definition) is 5. The number of aliphatic carboxylic acids is 1. The molecule has 1 amide bonds. The van der Waals surface area contributed by atoms with Gasteiger partial charge in [-0.05, 0) is 61.7 Å². The van der Waals surface area contributed by atoms with Crippen LogP contribution in [-0.4, -0.2) is 55.5 Å². The van der Waals surface area contributed by atoms with E-state index < -0.39 is 18.0 Å². The number of benzene rings is 2. The van der Waals surface area contributed by atoms with Gasteiger partial charge in [-0.2, -0.15) is 0 Å². The first-order valence-electron chi connectivity index (χ1n) is 12.3. The van der Waals surface area contributed by atoms with E-state index in [1.807, 2.05) is 12.1 Å². The molecule has 2 aromatic carbocycles. The normalized spacial score (nSPS) is 14.9. The van der Waals surface area contributed by atoms with E-state index in [1.54, 1.807) is 36.5 Å². The molecule has 3 heterocycles. The summed E-state index contributed by atoms with van der Waals surface area (Å²) in [5.41, 5.74) is 3.48. The molecule has 9 heteroatoms. The van der Waals surface area contributed by atoms with E-state index in [2.05, 4.69) is 21.8 Å². The predicted octanol–water partition coefficient (Wildman–Crippen LogP) is 5.13. The maximum absolute atomic E-state index is 13.0. The van der Waals surface area contributed by atoms with Crippen LogP contribution < -0.4 is 0 Å². The topological polar surface area (TPSA) is 121 Å². The minimum atomic E-state index is -1.05. The number of piperidine rings is 1. The van der Waals surface area contributed by atoms with Gasteiger partial charge in [0.05, 0.1) is 21.8 Å². The van der Waals surface area contributed by atoms with E-state index in [1.165, 1.54) is 23.2 Å². The van der Waals surface area contributed by atoms with Crippen molar-refractivity contribution >= 4 is 40.3 Å². The van der Waals surface area contributed by atoms with E-state index in [-0.39, 0.29) is 11.5 Å². The number of halogens is 1. The average Bonchev–Trinajstić information content (AvgIpc) is 2.95. The van der Waals surface area contributed by atoms with Crippen molar-refractivity contribution in [3.05, 3.63) is 94.3 Å². The lowest BCUT2D eigenvalue weighted by Gasteiger charge is -2.33. The lowest BCUT2D eigenvalue weighted by Crippen LogP contribution is -2.47. The minimum absolute atomic E-state index is 0.127. The molecule has 2 N–H and O–H groups in total. The quantitative estimate of drug-likeness (QED) is 0.345. The largest absolute Gasteiger partial charge is 0.480 e. The summed E-state index contributed by atoms with van der Waals surface area (Å²) >= 11 is 6.42. The van der Waals surface area contributed by atoms with Crippen LogP contribution in [0.1, 0.15) is 51.1 Å². The number of aromatic carboxylic acids is 1. The van der Waals surface area contributed by atoms with Crippen LogP contribution in [0.15, 0.2) is 67.0 Å². The third kappa shape index (κ3) is 5.44. The summed E-state index contributed by atoms with van der Waals surface area (Å²) in [5, 5.41) is 19.9. The van der Waals surface area contributed by atoms with Crippen LogP contribution in [0.4, 0.5) is 0 Å². The molecule has 1 atom stereocenters. The zero-order chi connectivity index (χ0) is 27.5. The summed E-state index contributed by atoms with van der Waals surface area (Å²) in [4.78, 5) is 46.2. The van der Waals surface area contributed by atoms with E-state index in [0.717, 1.165) is 18.4 Å². The first kappa shape index (κ1) is 25.9. The molecule has 1 aliphatic rings. The van der Waals surface area contributed by atoms with Gasteiger partial charge in [0.15, 0.2) is 0 Å². The SMILES string of the molecule is O=C(O)c1cc(-c2ccc(C#Cc3ccc(C(=O)N4CCCCC4C(=O)O)cc3Cl)cc2)nc2ccncc12. The van der Waals surface area contributed by atoms with Gasteiger partial charge in [0.1, 0.15) is 6.04 Å². The molecule has 4 aromatic rings. The molecule has 8 nitrogen and oxygen atoms in total. The van der Waals surface area contributed by atoms with E-state index in [4.69, 9.17) is 11.6 Å². The molecule has 0 radical (unpaired) electrons. The zero-order valence-corrected chi connectivity index (χ0v) is 21.4. The van der Waals surface area contributed by atoms with Gasteiger partial charge in [-0.1, -0.05) is 35.6 Å². The predicted molar refractivity (Wildman–Crippen MR) is 146 cm³/mol. The van der Waals surface area contributed by atoms with Gasteiger partial charge in [0.2, 0.25) is 0 Å². The Bertz CT molecular complexity index is 1670. The van der Waals surface area contributed by atoms with Gasteiger partial charge in [-0.3, -0.25) is 9.78 Å². The molecule has 5 rings (SSSR count). The Morgan fingerprint density at radius 1 is 0.974 bits per heavy atom. The third-order valence-electron chi connectivity index (χ3n) is 6.63. The maximum Gasteiger partial charge on any atom is 0.336 e. The number of carboxylic acids is 2. The maximum atomic E-state index is 13.0. The number of carbonyl (C=O) groups is 3. The van der Waals surface area contributed by atoms with Crippen LogP contribution >= 0.6 is 11.6 Å². The van der Waals surface area contributed by atoms with Crippen molar-refractivity contribution in [1.29, 1.82) is 0 Å². The number of nitrogens with zero attached hydrogens (tertiary/aromatic N) is 3. The Balaban J connectivity index is 1.36.